The van der Waals surface area contributed by atoms with Crippen LogP contribution >= 0.6 is 11.3 Å². The summed E-state index contributed by atoms with van der Waals surface area (Å²) in [6.07, 6.45) is 0. The van der Waals surface area contributed by atoms with Crippen molar-refractivity contribution in [3.8, 4) is 17.0 Å². The van der Waals surface area contributed by atoms with Crippen molar-refractivity contribution < 1.29 is 14.3 Å². The molecule has 2 N–H and O–H groups in total. The predicted molar refractivity (Wildman–Crippen MR) is 105 cm³/mol. The van der Waals surface area contributed by atoms with Crippen LogP contribution in [0.15, 0.2) is 24.3 Å². The first kappa shape index (κ1) is 19.9. The van der Waals surface area contributed by atoms with Crippen molar-refractivity contribution in [1.29, 1.82) is 0 Å². The van der Waals surface area contributed by atoms with Crippen LogP contribution < -0.4 is 15.4 Å². The Labute approximate surface area is 158 Å². The van der Waals surface area contributed by atoms with E-state index >= 15 is 0 Å². The number of hydrogen-bond donors (Lipinski definition) is 2. The van der Waals surface area contributed by atoms with Gasteiger partial charge in [-0.15, -0.1) is 11.3 Å². The topological polar surface area (TPSA) is 80.3 Å². The Bertz CT molecular complexity index is 769. The molecule has 2 amide bonds. The summed E-state index contributed by atoms with van der Waals surface area (Å²) >= 11 is 1.41. The molecule has 26 heavy (non-hydrogen) atoms. The molecule has 1 aromatic carbocycles. The van der Waals surface area contributed by atoms with Crippen LogP contribution in [0.2, 0.25) is 0 Å². The minimum absolute atomic E-state index is 0.0226. The van der Waals surface area contributed by atoms with Crippen LogP contribution in [-0.4, -0.2) is 29.4 Å². The summed E-state index contributed by atoms with van der Waals surface area (Å²) in [4.78, 5) is 29.4. The first-order valence-corrected chi connectivity index (χ1v) is 9.42. The van der Waals surface area contributed by atoms with Gasteiger partial charge in [-0.1, -0.05) is 13.8 Å². The Hall–Kier alpha value is -2.41. The lowest BCUT2D eigenvalue weighted by atomic mass is 10.0. The molecule has 0 radical (unpaired) electrons. The largest absolute Gasteiger partial charge is 0.494 e. The Morgan fingerprint density at radius 3 is 2.42 bits per heavy atom. The Balaban J connectivity index is 2.16. The fourth-order valence-corrected chi connectivity index (χ4v) is 3.37. The molecule has 0 unspecified atom stereocenters. The predicted octanol–water partition coefficient (Wildman–Crippen LogP) is 3.62. The third kappa shape index (κ3) is 5.05. The van der Waals surface area contributed by atoms with E-state index in [9.17, 15) is 9.59 Å². The molecule has 2 rings (SSSR count). The Morgan fingerprint density at radius 2 is 1.88 bits per heavy atom. The highest BCUT2D eigenvalue weighted by atomic mass is 32.1. The molecular weight excluding hydrogens is 350 g/mol. The molecule has 7 heteroatoms. The molecule has 1 aromatic heterocycles. The average Bonchev–Trinajstić information content (AvgIpc) is 2.93. The number of benzene rings is 1. The van der Waals surface area contributed by atoms with Gasteiger partial charge in [-0.05, 0) is 44.0 Å². The van der Waals surface area contributed by atoms with Gasteiger partial charge < -0.3 is 15.4 Å². The zero-order valence-electron chi connectivity index (χ0n) is 15.8. The number of nitrogens with one attached hydrogen (secondary N) is 2. The van der Waals surface area contributed by atoms with Crippen LogP contribution in [0.5, 0.6) is 5.75 Å². The zero-order valence-corrected chi connectivity index (χ0v) is 16.6. The summed E-state index contributed by atoms with van der Waals surface area (Å²) in [5.41, 5.74) is 1.79. The molecule has 140 valence electrons. The molecule has 1 atom stereocenters. The van der Waals surface area contributed by atoms with E-state index in [1.807, 2.05) is 52.0 Å². The van der Waals surface area contributed by atoms with E-state index in [-0.39, 0.29) is 17.7 Å². The van der Waals surface area contributed by atoms with Gasteiger partial charge in [-0.25, -0.2) is 4.98 Å². The number of carbonyl (C=O) groups is 2. The van der Waals surface area contributed by atoms with Crippen LogP contribution in [0.4, 0.5) is 5.13 Å². The van der Waals surface area contributed by atoms with Crippen molar-refractivity contribution in [2.24, 2.45) is 5.92 Å². The summed E-state index contributed by atoms with van der Waals surface area (Å²) in [5.74, 6) is 0.296. The van der Waals surface area contributed by atoms with E-state index in [1.165, 1.54) is 18.3 Å². The number of rotatable bonds is 7. The highest BCUT2D eigenvalue weighted by Gasteiger charge is 2.24. The normalized spacial score (nSPS) is 11.9. The second kappa shape index (κ2) is 8.80. The molecule has 0 saturated heterocycles. The smallest absolute Gasteiger partial charge is 0.248 e. The van der Waals surface area contributed by atoms with Gasteiger partial charge in [0, 0.05) is 17.4 Å². The van der Waals surface area contributed by atoms with Crippen molar-refractivity contribution in [3.63, 3.8) is 0 Å². The number of aryl methyl sites for hydroxylation is 1. The zero-order chi connectivity index (χ0) is 19.3. The van der Waals surface area contributed by atoms with Gasteiger partial charge >= 0.3 is 0 Å². The van der Waals surface area contributed by atoms with Gasteiger partial charge in [-0.3, -0.25) is 9.59 Å². The molecular formula is C19H25N3O3S. The summed E-state index contributed by atoms with van der Waals surface area (Å²) in [5, 5.41) is 6.02. The number of carbonyl (C=O) groups excluding carboxylic acids is 2. The molecule has 0 fully saturated rings. The maximum atomic E-state index is 12.5. The van der Waals surface area contributed by atoms with Crippen LogP contribution in [0.3, 0.4) is 0 Å². The first-order chi connectivity index (χ1) is 12.3. The fraction of sp³-hybridized carbons (Fsp3) is 0.421. The van der Waals surface area contributed by atoms with Crippen molar-refractivity contribution in [1.82, 2.24) is 10.3 Å². The molecule has 6 nitrogen and oxygen atoms in total. The number of thiazole rings is 1. The van der Waals surface area contributed by atoms with Crippen LogP contribution in [0.1, 0.15) is 32.6 Å². The van der Waals surface area contributed by atoms with E-state index in [0.29, 0.717) is 11.7 Å². The summed E-state index contributed by atoms with van der Waals surface area (Å²) in [6, 6.07) is 7.12. The Morgan fingerprint density at radius 1 is 1.23 bits per heavy atom. The van der Waals surface area contributed by atoms with Crippen molar-refractivity contribution in [3.05, 3.63) is 29.1 Å². The molecule has 2 aromatic rings. The van der Waals surface area contributed by atoms with Crippen molar-refractivity contribution in [2.75, 3.05) is 11.9 Å². The van der Waals surface area contributed by atoms with Gasteiger partial charge in [0.25, 0.3) is 0 Å². The third-order valence-electron chi connectivity index (χ3n) is 3.77. The van der Waals surface area contributed by atoms with Gasteiger partial charge in [0.05, 0.1) is 12.3 Å². The lowest BCUT2D eigenvalue weighted by molar-refractivity contribution is -0.126. The first-order valence-electron chi connectivity index (χ1n) is 8.60. The maximum absolute atomic E-state index is 12.5. The van der Waals surface area contributed by atoms with Crippen LogP contribution in [-0.2, 0) is 9.59 Å². The molecule has 1 heterocycles. The van der Waals surface area contributed by atoms with Crippen LogP contribution in [0, 0.1) is 12.8 Å². The van der Waals surface area contributed by atoms with Gasteiger partial charge in [0.1, 0.15) is 11.8 Å². The number of aromatic nitrogens is 1. The number of ether oxygens (including phenoxy) is 1. The summed E-state index contributed by atoms with van der Waals surface area (Å²) in [7, 11) is 0. The average molecular weight is 375 g/mol. The lowest BCUT2D eigenvalue weighted by Gasteiger charge is -2.20. The van der Waals surface area contributed by atoms with Crippen molar-refractivity contribution >= 4 is 28.3 Å². The van der Waals surface area contributed by atoms with E-state index in [1.54, 1.807) is 0 Å². The van der Waals surface area contributed by atoms with E-state index in [4.69, 9.17) is 4.74 Å². The van der Waals surface area contributed by atoms with Crippen LogP contribution in [0.25, 0.3) is 11.3 Å². The standard InChI is InChI=1S/C19H25N3O3S/c1-6-25-15-9-7-14(8-10-15)17-12(4)26-19(21-17)22-18(24)16(11(2)3)20-13(5)23/h7-11,16H,6H2,1-5H3,(H,20,23)(H,21,22,24)/t16-/m0/s1. The fourth-order valence-electron chi connectivity index (χ4n) is 2.53. The summed E-state index contributed by atoms with van der Waals surface area (Å²) in [6.45, 7) is 9.71. The second-order valence-electron chi connectivity index (χ2n) is 6.29. The number of hydrogen-bond acceptors (Lipinski definition) is 5. The van der Waals surface area contributed by atoms with Gasteiger partial charge in [-0.2, -0.15) is 0 Å². The maximum Gasteiger partial charge on any atom is 0.248 e. The second-order valence-corrected chi connectivity index (χ2v) is 7.50. The molecule has 0 aliphatic carbocycles. The quantitative estimate of drug-likeness (QED) is 0.775. The van der Waals surface area contributed by atoms with Crippen molar-refractivity contribution in [2.45, 2.75) is 40.7 Å². The number of anilines is 1. The lowest BCUT2D eigenvalue weighted by Crippen LogP contribution is -2.46. The monoisotopic (exact) mass is 375 g/mol. The van der Waals surface area contributed by atoms with Gasteiger partial charge in [0.15, 0.2) is 5.13 Å². The minimum Gasteiger partial charge on any atom is -0.494 e. The Kier molecular flexibility index (Phi) is 6.74. The highest BCUT2D eigenvalue weighted by molar-refractivity contribution is 7.16. The van der Waals surface area contributed by atoms with E-state index in [0.717, 1.165) is 21.9 Å². The SMILES string of the molecule is CCOc1ccc(-c2nc(NC(=O)[C@@H](NC(C)=O)C(C)C)sc2C)cc1. The van der Waals surface area contributed by atoms with E-state index < -0.39 is 6.04 Å². The molecule has 0 bridgehead atoms. The number of nitrogens with zero attached hydrogens (tertiary/aromatic N) is 1. The molecule has 0 saturated carbocycles. The summed E-state index contributed by atoms with van der Waals surface area (Å²) < 4.78 is 5.46. The molecule has 0 aliphatic heterocycles. The minimum atomic E-state index is -0.592. The molecule has 0 spiro atoms. The molecule has 0 aliphatic rings. The van der Waals surface area contributed by atoms with E-state index in [2.05, 4.69) is 15.6 Å². The van der Waals surface area contributed by atoms with Gasteiger partial charge in [0.2, 0.25) is 11.8 Å². The number of amides is 2. The third-order valence-corrected chi connectivity index (χ3v) is 4.66. The highest BCUT2D eigenvalue weighted by Crippen LogP contribution is 2.31.